The fraction of sp³-hybridized carbons (Fsp3) is 0.100. The molecular formula is C20H18N3O2-. The Labute approximate surface area is 145 Å². The van der Waals surface area contributed by atoms with E-state index in [-0.39, 0.29) is 5.78 Å². The number of hydroxylamine groups is 1. The number of nitrogens with zero attached hydrogens (tertiary/aromatic N) is 2. The van der Waals surface area contributed by atoms with E-state index in [4.69, 9.17) is 0 Å². The van der Waals surface area contributed by atoms with Gasteiger partial charge in [-0.2, -0.15) is 0 Å². The van der Waals surface area contributed by atoms with Gasteiger partial charge in [-0.1, -0.05) is 18.2 Å². The van der Waals surface area contributed by atoms with Crippen LogP contribution in [0.15, 0.2) is 67.1 Å². The van der Waals surface area contributed by atoms with Crippen LogP contribution in [0.2, 0.25) is 0 Å². The average Bonchev–Trinajstić information content (AvgIpc) is 3.05. The maximum atomic E-state index is 11.5. The summed E-state index contributed by atoms with van der Waals surface area (Å²) in [5.74, 6) is 0.0276. The van der Waals surface area contributed by atoms with Crippen LogP contribution in [0.25, 0.3) is 22.3 Å². The molecule has 0 unspecified atom stereocenters. The second kappa shape index (κ2) is 7.15. The minimum Gasteiger partial charge on any atom is -0.761 e. The van der Waals surface area contributed by atoms with Gasteiger partial charge >= 0.3 is 0 Å². The molecule has 0 atom stereocenters. The van der Waals surface area contributed by atoms with Crippen LogP contribution in [0.5, 0.6) is 0 Å². The second-order valence-electron chi connectivity index (χ2n) is 5.75. The normalized spacial score (nSPS) is 12.0. The molecule has 3 aromatic rings. The number of hydrogen-bond acceptors (Lipinski definition) is 4. The molecule has 1 aromatic heterocycles. The molecule has 0 aliphatic heterocycles. The van der Waals surface area contributed by atoms with Gasteiger partial charge in [-0.25, -0.2) is 4.98 Å². The van der Waals surface area contributed by atoms with Crippen molar-refractivity contribution in [2.45, 2.75) is 13.8 Å². The molecule has 1 heterocycles. The minimum atomic E-state index is 0.0276. The molecule has 0 radical (unpaired) electrons. The molecule has 0 spiro atoms. The molecule has 0 saturated heterocycles. The molecule has 0 aliphatic rings. The number of aromatic nitrogens is 2. The SMILES string of the molecule is CC(=O)c1ccc2c(c1)ncn2-c1cccc(C(C)=CC=CN[O-])c1. The molecule has 25 heavy (non-hydrogen) atoms. The van der Waals surface area contributed by atoms with Crippen molar-refractivity contribution in [3.63, 3.8) is 0 Å². The Morgan fingerprint density at radius 3 is 2.76 bits per heavy atom. The molecule has 0 amide bonds. The molecule has 2 aromatic carbocycles. The lowest BCUT2D eigenvalue weighted by molar-refractivity contribution is 0.101. The summed E-state index contributed by atoms with van der Waals surface area (Å²) in [6, 6.07) is 13.6. The summed E-state index contributed by atoms with van der Waals surface area (Å²) >= 11 is 0. The van der Waals surface area contributed by atoms with E-state index in [0.717, 1.165) is 27.9 Å². The Bertz CT molecular complexity index is 984. The first-order chi connectivity index (χ1) is 12.1. The predicted octanol–water partition coefficient (Wildman–Crippen LogP) is 4.23. The molecule has 3 rings (SSSR count). The van der Waals surface area contributed by atoms with Crippen molar-refractivity contribution in [1.29, 1.82) is 0 Å². The first-order valence-electron chi connectivity index (χ1n) is 7.90. The monoisotopic (exact) mass is 332 g/mol. The summed E-state index contributed by atoms with van der Waals surface area (Å²) < 4.78 is 1.99. The standard InChI is InChI=1S/C20H18N3O2/c1-14(5-4-10-22-25)16-6-3-7-18(11-16)23-13-21-19-12-17(15(2)24)8-9-20(19)23/h3-13,22H,1-2H3/q-1. The van der Waals surface area contributed by atoms with Crippen LogP contribution in [0.4, 0.5) is 0 Å². The Hall–Kier alpha value is -3.18. The maximum Gasteiger partial charge on any atom is 0.159 e. The third kappa shape index (κ3) is 3.51. The van der Waals surface area contributed by atoms with E-state index in [1.54, 1.807) is 24.8 Å². The van der Waals surface area contributed by atoms with Crippen LogP contribution in [0, 0.1) is 5.21 Å². The fourth-order valence-electron chi connectivity index (χ4n) is 2.67. The van der Waals surface area contributed by atoms with Gasteiger partial charge in [0.05, 0.1) is 11.0 Å². The van der Waals surface area contributed by atoms with E-state index < -0.39 is 0 Å². The van der Waals surface area contributed by atoms with Crippen molar-refractivity contribution in [2.24, 2.45) is 0 Å². The van der Waals surface area contributed by atoms with Gasteiger partial charge in [0, 0.05) is 11.3 Å². The summed E-state index contributed by atoms with van der Waals surface area (Å²) in [6.07, 6.45) is 6.64. The van der Waals surface area contributed by atoms with Crippen LogP contribution < -0.4 is 5.48 Å². The molecule has 1 N–H and O–H groups in total. The van der Waals surface area contributed by atoms with Crippen molar-refractivity contribution in [3.05, 3.63) is 83.5 Å². The highest BCUT2D eigenvalue weighted by atomic mass is 16.5. The average molecular weight is 332 g/mol. The van der Waals surface area contributed by atoms with Crippen LogP contribution in [-0.2, 0) is 0 Å². The summed E-state index contributed by atoms with van der Waals surface area (Å²) in [4.78, 5) is 15.9. The Kier molecular flexibility index (Phi) is 4.77. The van der Waals surface area contributed by atoms with Crippen molar-refractivity contribution < 1.29 is 4.79 Å². The Balaban J connectivity index is 2.01. The lowest BCUT2D eigenvalue weighted by Gasteiger charge is -2.08. The van der Waals surface area contributed by atoms with Crippen molar-refractivity contribution >= 4 is 22.4 Å². The predicted molar refractivity (Wildman–Crippen MR) is 100 cm³/mol. The van der Waals surface area contributed by atoms with Gasteiger partial charge in [0.25, 0.3) is 0 Å². The van der Waals surface area contributed by atoms with E-state index in [0.29, 0.717) is 5.56 Å². The van der Waals surface area contributed by atoms with Gasteiger partial charge in [-0.15, -0.1) is 0 Å². The highest BCUT2D eigenvalue weighted by molar-refractivity contribution is 5.97. The van der Waals surface area contributed by atoms with E-state index in [1.807, 2.05) is 54.0 Å². The molecule has 0 aliphatic carbocycles. The first kappa shape index (κ1) is 16.7. The molecule has 0 bridgehead atoms. The Morgan fingerprint density at radius 2 is 2.00 bits per heavy atom. The van der Waals surface area contributed by atoms with E-state index in [2.05, 4.69) is 11.1 Å². The molecular weight excluding hydrogens is 314 g/mol. The molecule has 0 saturated carbocycles. The van der Waals surface area contributed by atoms with E-state index in [9.17, 15) is 10.0 Å². The summed E-state index contributed by atoms with van der Waals surface area (Å²) in [7, 11) is 0. The molecule has 5 heteroatoms. The van der Waals surface area contributed by atoms with Gasteiger partial charge in [0.15, 0.2) is 5.78 Å². The number of carbonyl (C=O) groups excluding carboxylic acids is 1. The summed E-state index contributed by atoms with van der Waals surface area (Å²) in [5.41, 5.74) is 7.19. The molecule has 126 valence electrons. The van der Waals surface area contributed by atoms with Crippen LogP contribution in [0.3, 0.4) is 0 Å². The number of imidazole rings is 1. The van der Waals surface area contributed by atoms with Gasteiger partial charge < -0.3 is 10.7 Å². The van der Waals surface area contributed by atoms with Crippen molar-refractivity contribution in [2.75, 3.05) is 0 Å². The lowest BCUT2D eigenvalue weighted by Crippen LogP contribution is -1.95. The Morgan fingerprint density at radius 1 is 1.16 bits per heavy atom. The number of carbonyl (C=O) groups is 1. The van der Waals surface area contributed by atoms with Gasteiger partial charge in [-0.05, 0) is 67.6 Å². The maximum absolute atomic E-state index is 11.5. The second-order valence-corrected chi connectivity index (χ2v) is 5.75. The highest BCUT2D eigenvalue weighted by Crippen LogP contribution is 2.23. The highest BCUT2D eigenvalue weighted by Gasteiger charge is 2.08. The van der Waals surface area contributed by atoms with Crippen LogP contribution in [-0.4, -0.2) is 15.3 Å². The van der Waals surface area contributed by atoms with Crippen molar-refractivity contribution in [3.8, 4) is 5.69 Å². The zero-order valence-corrected chi connectivity index (χ0v) is 14.1. The number of rotatable bonds is 5. The zero-order chi connectivity index (χ0) is 17.8. The van der Waals surface area contributed by atoms with Crippen LogP contribution >= 0.6 is 0 Å². The quantitative estimate of drug-likeness (QED) is 0.431. The molecule has 0 fully saturated rings. The van der Waals surface area contributed by atoms with Gasteiger partial charge in [0.2, 0.25) is 0 Å². The summed E-state index contributed by atoms with van der Waals surface area (Å²) in [5, 5.41) is 10.3. The summed E-state index contributed by atoms with van der Waals surface area (Å²) in [6.45, 7) is 3.53. The fourth-order valence-corrected chi connectivity index (χ4v) is 2.67. The van der Waals surface area contributed by atoms with Crippen molar-refractivity contribution in [1.82, 2.24) is 15.0 Å². The lowest BCUT2D eigenvalue weighted by atomic mass is 10.1. The largest absolute Gasteiger partial charge is 0.761 e. The number of benzene rings is 2. The zero-order valence-electron chi connectivity index (χ0n) is 14.1. The van der Waals surface area contributed by atoms with E-state index >= 15 is 0 Å². The number of ketones is 1. The number of nitrogens with one attached hydrogen (secondary N) is 1. The number of allylic oxidation sites excluding steroid dienone is 3. The third-order valence-electron chi connectivity index (χ3n) is 4.04. The molecule has 5 nitrogen and oxygen atoms in total. The van der Waals surface area contributed by atoms with Gasteiger partial charge in [-0.3, -0.25) is 9.36 Å². The number of Topliss-reactive ketones (excluding diaryl/α,β-unsaturated/α-hetero) is 1. The van der Waals surface area contributed by atoms with Crippen LogP contribution in [0.1, 0.15) is 29.8 Å². The van der Waals surface area contributed by atoms with E-state index in [1.165, 1.54) is 6.20 Å². The first-order valence-corrected chi connectivity index (χ1v) is 7.90. The number of fused-ring (bicyclic) bond motifs is 1. The topological polar surface area (TPSA) is 70.0 Å². The number of hydrogen-bond donors (Lipinski definition) is 1. The van der Waals surface area contributed by atoms with Gasteiger partial charge in [0.1, 0.15) is 6.33 Å². The minimum absolute atomic E-state index is 0.0276. The smallest absolute Gasteiger partial charge is 0.159 e. The third-order valence-corrected chi connectivity index (χ3v) is 4.04.